The average Bonchev–Trinajstić information content (AvgIpc) is 1.88. The molecule has 0 fully saturated rings. The number of nitrogens with zero attached hydrogens (tertiary/aromatic N) is 1. The Balaban J connectivity index is 4.22. The second-order valence-electron chi connectivity index (χ2n) is 2.37. The van der Waals surface area contributed by atoms with Gasteiger partial charge in [0.1, 0.15) is 0 Å². The van der Waals surface area contributed by atoms with E-state index in [1.165, 1.54) is 0 Å². The van der Waals surface area contributed by atoms with Crippen LogP contribution in [-0.4, -0.2) is 29.8 Å². The van der Waals surface area contributed by atoms with Crippen molar-refractivity contribution in [1.29, 1.82) is 0 Å². The molecule has 66 valence electrons. The number of rotatable bonds is 3. The van der Waals surface area contributed by atoms with Crippen LogP contribution in [0.5, 0.6) is 0 Å². The van der Waals surface area contributed by atoms with E-state index in [1.54, 1.807) is 13.8 Å². The molecule has 0 N–H and O–H groups in total. The molecule has 0 bridgehead atoms. The molecule has 0 aromatic heterocycles. The first-order valence-electron chi connectivity index (χ1n) is 3.60. The molecule has 0 saturated heterocycles. The predicted octanol–water partition coefficient (Wildman–Crippen LogP) is 1.51. The van der Waals surface area contributed by atoms with Gasteiger partial charge in [-0.05, 0) is 13.8 Å². The molecule has 0 saturated carbocycles. The van der Waals surface area contributed by atoms with Gasteiger partial charge in [-0.3, -0.25) is 4.79 Å². The summed E-state index contributed by atoms with van der Waals surface area (Å²) >= 11 is 0. The molecule has 1 amide bonds. The molecule has 0 radical (unpaired) electrons. The van der Waals surface area contributed by atoms with Crippen molar-refractivity contribution in [1.82, 2.24) is 4.90 Å². The molecule has 4 heteroatoms. The molecular weight excluding hydrogens is 152 g/mol. The van der Waals surface area contributed by atoms with Gasteiger partial charge in [-0.1, -0.05) is 0 Å². The molecule has 0 atom stereocenters. The minimum atomic E-state index is -3.23. The van der Waals surface area contributed by atoms with Gasteiger partial charge in [0.25, 0.3) is 5.91 Å². The van der Waals surface area contributed by atoms with E-state index in [0.29, 0.717) is 20.0 Å². The summed E-state index contributed by atoms with van der Waals surface area (Å²) in [4.78, 5) is 11.9. The highest BCUT2D eigenvalue weighted by Gasteiger charge is 2.35. The van der Waals surface area contributed by atoms with Gasteiger partial charge in [-0.15, -0.1) is 0 Å². The van der Waals surface area contributed by atoms with Crippen LogP contribution in [-0.2, 0) is 4.79 Å². The second kappa shape index (κ2) is 3.64. The summed E-state index contributed by atoms with van der Waals surface area (Å²) in [6, 6.07) is 0. The van der Waals surface area contributed by atoms with Crippen LogP contribution >= 0.6 is 0 Å². The van der Waals surface area contributed by atoms with E-state index < -0.39 is 11.8 Å². The lowest BCUT2D eigenvalue weighted by atomic mass is 10.3. The van der Waals surface area contributed by atoms with Crippen LogP contribution in [0.1, 0.15) is 20.8 Å². The van der Waals surface area contributed by atoms with E-state index in [-0.39, 0.29) is 0 Å². The smallest absolute Gasteiger partial charge is 0.322 e. The Labute approximate surface area is 65.2 Å². The first kappa shape index (κ1) is 10.3. The van der Waals surface area contributed by atoms with Crippen molar-refractivity contribution in [3.63, 3.8) is 0 Å². The molecule has 0 unspecified atom stereocenters. The highest BCUT2D eigenvalue weighted by atomic mass is 19.3. The molecule has 0 spiro atoms. The molecule has 0 aromatic rings. The minimum absolute atomic E-state index is 0.332. The van der Waals surface area contributed by atoms with Crippen molar-refractivity contribution < 1.29 is 13.6 Å². The van der Waals surface area contributed by atoms with E-state index >= 15 is 0 Å². The predicted molar refractivity (Wildman–Crippen MR) is 38.5 cm³/mol. The third-order valence-corrected chi connectivity index (χ3v) is 1.43. The SMILES string of the molecule is CCN(CC)C(=O)C(C)(F)F. The minimum Gasteiger partial charge on any atom is -0.338 e. The summed E-state index contributed by atoms with van der Waals surface area (Å²) in [5, 5.41) is 0. The standard InChI is InChI=1S/C7H13F2NO/c1-4-10(5-2)6(11)7(3,8)9/h4-5H2,1-3H3. The molecule has 0 rings (SSSR count). The van der Waals surface area contributed by atoms with Gasteiger partial charge in [0.2, 0.25) is 0 Å². The third kappa shape index (κ3) is 2.82. The van der Waals surface area contributed by atoms with E-state index in [4.69, 9.17) is 0 Å². The van der Waals surface area contributed by atoms with Gasteiger partial charge in [0, 0.05) is 20.0 Å². The summed E-state index contributed by atoms with van der Waals surface area (Å²) in [6.07, 6.45) is 0. The quantitative estimate of drug-likeness (QED) is 0.620. The van der Waals surface area contributed by atoms with Crippen LogP contribution in [0.4, 0.5) is 8.78 Å². The van der Waals surface area contributed by atoms with Crippen LogP contribution in [0.2, 0.25) is 0 Å². The van der Waals surface area contributed by atoms with Crippen LogP contribution < -0.4 is 0 Å². The Bertz CT molecular complexity index is 138. The zero-order chi connectivity index (χ0) is 9.07. The summed E-state index contributed by atoms with van der Waals surface area (Å²) in [7, 11) is 0. The van der Waals surface area contributed by atoms with E-state index in [1.807, 2.05) is 0 Å². The van der Waals surface area contributed by atoms with Crippen molar-refractivity contribution >= 4 is 5.91 Å². The highest BCUT2D eigenvalue weighted by molar-refractivity contribution is 5.82. The van der Waals surface area contributed by atoms with Gasteiger partial charge in [-0.25, -0.2) is 0 Å². The average molecular weight is 165 g/mol. The number of carbonyl (C=O) groups excluding carboxylic acids is 1. The molecule has 2 nitrogen and oxygen atoms in total. The molecule has 0 heterocycles. The van der Waals surface area contributed by atoms with Crippen molar-refractivity contribution in [3.05, 3.63) is 0 Å². The Kier molecular flexibility index (Phi) is 3.42. The number of alkyl halides is 2. The third-order valence-electron chi connectivity index (χ3n) is 1.43. The van der Waals surface area contributed by atoms with Gasteiger partial charge >= 0.3 is 5.92 Å². The summed E-state index contributed by atoms with van der Waals surface area (Å²) in [5.41, 5.74) is 0. The molecular formula is C7H13F2NO. The number of carbonyl (C=O) groups is 1. The number of hydrogen-bond acceptors (Lipinski definition) is 1. The number of halogens is 2. The van der Waals surface area contributed by atoms with Crippen LogP contribution in [0.3, 0.4) is 0 Å². The maximum Gasteiger partial charge on any atom is 0.322 e. The van der Waals surface area contributed by atoms with Gasteiger partial charge in [0.05, 0.1) is 0 Å². The van der Waals surface area contributed by atoms with Crippen molar-refractivity contribution in [3.8, 4) is 0 Å². The first-order chi connectivity index (χ1) is 4.93. The van der Waals surface area contributed by atoms with Gasteiger partial charge < -0.3 is 4.90 Å². The van der Waals surface area contributed by atoms with Crippen LogP contribution in [0.25, 0.3) is 0 Å². The zero-order valence-electron chi connectivity index (χ0n) is 7.03. The van der Waals surface area contributed by atoms with Gasteiger partial charge in [0.15, 0.2) is 0 Å². The fourth-order valence-electron chi connectivity index (χ4n) is 0.788. The van der Waals surface area contributed by atoms with Crippen LogP contribution in [0.15, 0.2) is 0 Å². The fourth-order valence-corrected chi connectivity index (χ4v) is 0.788. The van der Waals surface area contributed by atoms with E-state index in [2.05, 4.69) is 0 Å². The summed E-state index contributed by atoms with van der Waals surface area (Å²) in [6.45, 7) is 4.63. The van der Waals surface area contributed by atoms with E-state index in [9.17, 15) is 13.6 Å². The maximum atomic E-state index is 12.3. The monoisotopic (exact) mass is 165 g/mol. The lowest BCUT2D eigenvalue weighted by Crippen LogP contribution is -2.41. The molecule has 11 heavy (non-hydrogen) atoms. The lowest BCUT2D eigenvalue weighted by molar-refractivity contribution is -0.154. The normalized spacial score (nSPS) is 11.4. The highest BCUT2D eigenvalue weighted by Crippen LogP contribution is 2.14. The largest absolute Gasteiger partial charge is 0.338 e. The summed E-state index contributed by atoms with van der Waals surface area (Å²) < 4.78 is 24.7. The Hall–Kier alpha value is -0.670. The first-order valence-corrected chi connectivity index (χ1v) is 3.60. The van der Waals surface area contributed by atoms with Crippen molar-refractivity contribution in [2.75, 3.05) is 13.1 Å². The van der Waals surface area contributed by atoms with Gasteiger partial charge in [-0.2, -0.15) is 8.78 Å². The van der Waals surface area contributed by atoms with E-state index in [0.717, 1.165) is 4.90 Å². The molecule has 0 aliphatic rings. The number of amides is 1. The molecule has 0 aliphatic carbocycles. The fraction of sp³-hybridized carbons (Fsp3) is 0.857. The Morgan fingerprint density at radius 3 is 1.82 bits per heavy atom. The topological polar surface area (TPSA) is 20.3 Å². The second-order valence-corrected chi connectivity index (χ2v) is 2.37. The number of hydrogen-bond donors (Lipinski definition) is 0. The molecule has 0 aliphatic heterocycles. The molecule has 0 aromatic carbocycles. The Morgan fingerprint density at radius 2 is 1.73 bits per heavy atom. The summed E-state index contributed by atoms with van der Waals surface area (Å²) in [5.74, 6) is -4.33. The van der Waals surface area contributed by atoms with Crippen molar-refractivity contribution in [2.45, 2.75) is 26.7 Å². The lowest BCUT2D eigenvalue weighted by Gasteiger charge is -2.21. The maximum absolute atomic E-state index is 12.3. The van der Waals surface area contributed by atoms with Crippen molar-refractivity contribution in [2.24, 2.45) is 0 Å². The Morgan fingerprint density at radius 1 is 1.36 bits per heavy atom. The zero-order valence-corrected chi connectivity index (χ0v) is 7.03. The van der Waals surface area contributed by atoms with Crippen LogP contribution in [0, 0.1) is 0 Å².